The number of fused-ring (bicyclic) bond motifs is 5. The quantitative estimate of drug-likeness (QED) is 0.226. The van der Waals surface area contributed by atoms with E-state index in [0.29, 0.717) is 5.41 Å². The van der Waals surface area contributed by atoms with Crippen LogP contribution in [0.3, 0.4) is 0 Å². The molecule has 240 valence electrons. The van der Waals surface area contributed by atoms with Crippen molar-refractivity contribution in [2.45, 2.75) is 137 Å². The summed E-state index contributed by atoms with van der Waals surface area (Å²) >= 11 is 1.55. The molecule has 0 saturated carbocycles. The van der Waals surface area contributed by atoms with E-state index in [1.54, 1.807) is 51.7 Å². The monoisotopic (exact) mass is 724 g/mol. The third-order valence-electron chi connectivity index (χ3n) is 10.6. The van der Waals surface area contributed by atoms with Gasteiger partial charge in [-0.15, -0.1) is 46.2 Å². The maximum absolute atomic E-state index is 3.20. The molecule has 3 aromatic carbocycles. The molecule has 0 fully saturated rings. The van der Waals surface area contributed by atoms with Gasteiger partial charge in [0.1, 0.15) is 0 Å². The molecule has 3 aromatic rings. The summed E-state index contributed by atoms with van der Waals surface area (Å²) in [5, 5.41) is 7.36. The average molecular weight is 727 g/mol. The van der Waals surface area contributed by atoms with Crippen molar-refractivity contribution in [1.29, 1.82) is 0 Å². The fourth-order valence-corrected chi connectivity index (χ4v) is 8.87. The van der Waals surface area contributed by atoms with Crippen molar-refractivity contribution in [3.05, 3.63) is 76.0 Å². The van der Waals surface area contributed by atoms with Crippen LogP contribution in [0.1, 0.15) is 117 Å². The van der Waals surface area contributed by atoms with Crippen LogP contribution in [0.2, 0.25) is 19.6 Å². The van der Waals surface area contributed by atoms with Crippen molar-refractivity contribution in [1.82, 2.24) is 0 Å². The van der Waals surface area contributed by atoms with E-state index in [-0.39, 0.29) is 41.1 Å². The van der Waals surface area contributed by atoms with Crippen molar-refractivity contribution in [2.75, 3.05) is 0 Å². The van der Waals surface area contributed by atoms with Crippen LogP contribution in [0, 0.1) is 11.5 Å². The van der Waals surface area contributed by atoms with Crippen LogP contribution in [0.4, 0.5) is 0 Å². The smallest absolute Gasteiger partial charge is 0.0114 e. The molecule has 44 heavy (non-hydrogen) atoms. The van der Waals surface area contributed by atoms with E-state index < -0.39 is 8.07 Å². The molecule has 4 heteroatoms. The summed E-state index contributed by atoms with van der Waals surface area (Å²) in [7, 11) is -0.981. The van der Waals surface area contributed by atoms with Gasteiger partial charge < -0.3 is 24.8 Å². The fraction of sp³-hybridized carbons (Fsp3) is 0.550. The Bertz CT molecular complexity index is 1570. The molecule has 0 nitrogen and oxygen atoms in total. The molecular formula is C40H56Cl2SiZr-2. The molecule has 0 amide bonds. The number of benzene rings is 2. The van der Waals surface area contributed by atoms with E-state index in [2.05, 4.69) is 137 Å². The summed E-state index contributed by atoms with van der Waals surface area (Å²) in [4.78, 5) is 0. The van der Waals surface area contributed by atoms with Gasteiger partial charge in [-0.05, 0) is 55.4 Å². The Morgan fingerprint density at radius 3 is 1.84 bits per heavy atom. The van der Waals surface area contributed by atoms with Crippen LogP contribution in [0.25, 0.3) is 21.5 Å². The van der Waals surface area contributed by atoms with Crippen molar-refractivity contribution < 1.29 is 49.0 Å². The molecule has 0 saturated heterocycles. The normalized spacial score (nSPS) is 20.0. The Balaban J connectivity index is 0.000000380. The zero-order chi connectivity index (χ0) is 31.5. The summed E-state index contributed by atoms with van der Waals surface area (Å²) in [5.74, 6) is 0. The molecular weight excluding hydrogens is 671 g/mol. The molecule has 0 bridgehead atoms. The first-order valence-corrected chi connectivity index (χ1v) is 20.9. The number of rotatable bonds is 1. The van der Waals surface area contributed by atoms with Crippen LogP contribution >= 0.6 is 0 Å². The average Bonchev–Trinajstić information content (AvgIpc) is 3.49. The summed E-state index contributed by atoms with van der Waals surface area (Å²) in [6.45, 7) is 30.9. The Hall–Kier alpha value is -0.660. The van der Waals surface area contributed by atoms with Gasteiger partial charge >= 0.3 is 41.3 Å². The van der Waals surface area contributed by atoms with Crippen LogP contribution in [-0.4, -0.2) is 11.3 Å². The zero-order valence-electron chi connectivity index (χ0n) is 29.8. The molecule has 0 spiro atoms. The topological polar surface area (TPSA) is 0 Å². The van der Waals surface area contributed by atoms with Crippen LogP contribution in [0.15, 0.2) is 47.7 Å². The zero-order valence-corrected chi connectivity index (χ0v) is 34.8. The molecule has 3 aliphatic rings. The van der Waals surface area contributed by atoms with E-state index in [1.807, 2.05) is 0 Å². The molecule has 0 unspecified atom stereocenters. The molecule has 0 radical (unpaired) electrons. The van der Waals surface area contributed by atoms with E-state index in [4.69, 9.17) is 0 Å². The Morgan fingerprint density at radius 1 is 0.795 bits per heavy atom. The summed E-state index contributed by atoms with van der Waals surface area (Å²) in [6.07, 6.45) is 13.8. The number of hydrogen-bond acceptors (Lipinski definition) is 0. The van der Waals surface area contributed by atoms with Gasteiger partial charge in [-0.2, -0.15) is 6.08 Å². The predicted octanol–water partition coefficient (Wildman–Crippen LogP) is 5.62. The molecule has 0 atom stereocenters. The molecule has 0 heterocycles. The second kappa shape index (κ2) is 13.8. The molecule has 3 aliphatic carbocycles. The van der Waals surface area contributed by atoms with Gasteiger partial charge in [-0.3, -0.25) is 6.08 Å². The predicted molar refractivity (Wildman–Crippen MR) is 188 cm³/mol. The minimum atomic E-state index is -0.981. The third kappa shape index (κ3) is 7.89. The van der Waals surface area contributed by atoms with Gasteiger partial charge in [0.15, 0.2) is 0 Å². The molecule has 0 N–H and O–H groups in total. The van der Waals surface area contributed by atoms with E-state index in [0.717, 1.165) is 6.42 Å². The number of halogens is 2. The van der Waals surface area contributed by atoms with Crippen molar-refractivity contribution in [2.24, 2.45) is 5.41 Å². The number of aryl methyl sites for hydroxylation is 1. The summed E-state index contributed by atoms with van der Waals surface area (Å²) in [5.41, 5.74) is 7.27. The Kier molecular flexibility index (Phi) is 12.4. The summed E-state index contributed by atoms with van der Waals surface area (Å²) in [6, 6.07) is 12.6. The van der Waals surface area contributed by atoms with Gasteiger partial charge in [0.05, 0.1) is 0 Å². The van der Waals surface area contributed by atoms with Gasteiger partial charge in [-0.25, -0.2) is 11.3 Å². The van der Waals surface area contributed by atoms with Gasteiger partial charge in [0.2, 0.25) is 0 Å². The molecule has 0 aromatic heterocycles. The van der Waals surface area contributed by atoms with E-state index in [9.17, 15) is 0 Å². The minimum Gasteiger partial charge on any atom is -1.00 e. The Labute approximate surface area is 298 Å². The van der Waals surface area contributed by atoms with Crippen molar-refractivity contribution in [3.8, 4) is 0 Å². The standard InChI is InChI=1S/C29H37.C8H13Si.C3H6.2ClH.Zr/c1-26(2)11-9-10-18-13-21-19(14-23(18)26)12-20-15-25-24(16-22(20)21)27(3,4)17-28(5,6)29(25,7)8;1-9(2,3)8-6-4-5-7-8;1-3-2;;;/h12-16H,9-11,17H2,1-8H3;6-7H,4H2,1-3H3;1-2H3;2*1H;/q2*-1;;;;+2/p-2. The van der Waals surface area contributed by atoms with Crippen LogP contribution in [-0.2, 0) is 46.9 Å². The van der Waals surface area contributed by atoms with Gasteiger partial charge in [-0.1, -0.05) is 109 Å². The van der Waals surface area contributed by atoms with Gasteiger partial charge in [0.25, 0.3) is 0 Å². The minimum absolute atomic E-state index is 0. The largest absolute Gasteiger partial charge is 1.00 e. The first kappa shape index (κ1) is 39.5. The van der Waals surface area contributed by atoms with Crippen LogP contribution < -0.4 is 24.8 Å². The maximum atomic E-state index is 3.20. The Morgan fingerprint density at radius 2 is 1.34 bits per heavy atom. The molecule has 0 aliphatic heterocycles. The van der Waals surface area contributed by atoms with Crippen molar-refractivity contribution >= 4 is 32.8 Å². The van der Waals surface area contributed by atoms with Crippen LogP contribution in [0.5, 0.6) is 0 Å². The van der Waals surface area contributed by atoms with E-state index >= 15 is 0 Å². The second-order valence-electron chi connectivity index (χ2n) is 17.0. The van der Waals surface area contributed by atoms with Crippen molar-refractivity contribution in [3.63, 3.8) is 0 Å². The fourth-order valence-electron chi connectivity index (χ4n) is 7.62. The number of allylic oxidation sites excluding steroid dienone is 4. The molecule has 6 rings (SSSR count). The first-order chi connectivity index (χ1) is 19.2. The third-order valence-corrected chi connectivity index (χ3v) is 12.7. The second-order valence-corrected chi connectivity index (χ2v) is 24.5. The van der Waals surface area contributed by atoms with Gasteiger partial charge in [0, 0.05) is 0 Å². The summed E-state index contributed by atoms with van der Waals surface area (Å²) < 4.78 is 1.51. The SMILES string of the molecule is CC1(C)CCCc2cc3c(cc21)[cH-]c1cc2c(cc13)C(C)(C)CC(C)(C)C2(C)C.C[C](C)=[Zr+2].C[Si](C)(C)C1=CC[C-]=C1.[Cl-].[Cl-]. The first-order valence-electron chi connectivity index (χ1n) is 16.2. The van der Waals surface area contributed by atoms with E-state index in [1.165, 1.54) is 50.4 Å². The number of hydrogen-bond donors (Lipinski definition) is 0. The maximum Gasteiger partial charge on any atom is -0.0114 e.